The Kier molecular flexibility index (Phi) is 2.99. The molecule has 0 amide bonds. The van der Waals surface area contributed by atoms with Gasteiger partial charge < -0.3 is 0 Å². The number of fused-ring (bicyclic) bond motifs is 1. The highest BCUT2D eigenvalue weighted by atomic mass is 19.1. The second kappa shape index (κ2) is 4.81. The number of rotatable bonds is 2. The number of nitrogens with zero attached hydrogens (tertiary/aromatic N) is 1. The van der Waals surface area contributed by atoms with E-state index in [0.717, 1.165) is 29.1 Å². The summed E-state index contributed by atoms with van der Waals surface area (Å²) in [6.07, 6.45) is 1.41. The first kappa shape index (κ1) is 12.4. The predicted octanol–water partition coefficient (Wildman–Crippen LogP) is 3.74. The lowest BCUT2D eigenvalue weighted by Gasteiger charge is -2.03. The molecule has 0 aliphatic rings. The van der Waals surface area contributed by atoms with Crippen LogP contribution in [0.2, 0.25) is 0 Å². The molecule has 0 aliphatic heterocycles. The summed E-state index contributed by atoms with van der Waals surface area (Å²) in [5, 5.41) is 0.801. The molecule has 0 bridgehead atoms. The third kappa shape index (κ3) is 2.28. The largest absolute Gasteiger partial charge is 0.289 e. The van der Waals surface area contributed by atoms with Crippen LogP contribution in [0.25, 0.3) is 10.9 Å². The zero-order valence-corrected chi connectivity index (χ0v) is 10.3. The summed E-state index contributed by atoms with van der Waals surface area (Å²) in [5.41, 5.74) is 1.03. The molecular formula is C16H9F2NO. The van der Waals surface area contributed by atoms with Crippen LogP contribution < -0.4 is 0 Å². The smallest absolute Gasteiger partial charge is 0.194 e. The molecule has 0 saturated heterocycles. The fourth-order valence-electron chi connectivity index (χ4n) is 2.05. The Bertz CT molecular complexity index is 794. The Balaban J connectivity index is 2.07. The number of para-hydroxylation sites is 1. The van der Waals surface area contributed by atoms with E-state index < -0.39 is 17.4 Å². The number of halogens is 2. The maximum absolute atomic E-state index is 13.1. The fraction of sp³-hybridized carbons (Fsp3) is 0. The molecule has 0 saturated carbocycles. The molecular weight excluding hydrogens is 260 g/mol. The number of hydrogen-bond donors (Lipinski definition) is 0. The maximum Gasteiger partial charge on any atom is 0.194 e. The van der Waals surface area contributed by atoms with E-state index in [-0.39, 0.29) is 5.56 Å². The van der Waals surface area contributed by atoms with Crippen LogP contribution in [0.1, 0.15) is 15.9 Å². The Morgan fingerprint density at radius 1 is 0.900 bits per heavy atom. The Morgan fingerprint density at radius 2 is 1.60 bits per heavy atom. The van der Waals surface area contributed by atoms with Crippen LogP contribution in [-0.2, 0) is 0 Å². The van der Waals surface area contributed by atoms with Gasteiger partial charge in [-0.15, -0.1) is 0 Å². The fourth-order valence-corrected chi connectivity index (χ4v) is 2.05. The second-order valence-electron chi connectivity index (χ2n) is 4.40. The number of hydrogen-bond acceptors (Lipinski definition) is 2. The molecule has 0 spiro atoms. The van der Waals surface area contributed by atoms with Gasteiger partial charge in [-0.3, -0.25) is 9.78 Å². The molecule has 4 heteroatoms. The van der Waals surface area contributed by atoms with Gasteiger partial charge in [0.05, 0.1) is 5.52 Å². The minimum absolute atomic E-state index is 0.0282. The summed E-state index contributed by atoms with van der Waals surface area (Å²) in [7, 11) is 0. The van der Waals surface area contributed by atoms with Crippen LogP contribution in [-0.4, -0.2) is 10.8 Å². The number of benzene rings is 2. The van der Waals surface area contributed by atoms with E-state index in [4.69, 9.17) is 0 Å². The van der Waals surface area contributed by atoms with Gasteiger partial charge in [0, 0.05) is 28.8 Å². The Hall–Kier alpha value is -2.62. The highest BCUT2D eigenvalue weighted by Crippen LogP contribution is 2.17. The summed E-state index contributed by atoms with van der Waals surface area (Å²) < 4.78 is 26.3. The number of carbonyl (C=O) groups excluding carboxylic acids is 1. The minimum Gasteiger partial charge on any atom is -0.289 e. The third-order valence-electron chi connectivity index (χ3n) is 2.98. The number of ketones is 1. The Labute approximate surface area is 113 Å². The molecule has 0 N–H and O–H groups in total. The van der Waals surface area contributed by atoms with E-state index in [1.54, 1.807) is 6.07 Å². The standard InChI is InChI=1S/C16H9F2NO/c17-13-6-11(7-14(18)8-13)16(20)12-5-10-3-1-2-4-15(10)19-9-12/h1-9H. The van der Waals surface area contributed by atoms with Crippen molar-refractivity contribution in [1.82, 2.24) is 4.98 Å². The van der Waals surface area contributed by atoms with Gasteiger partial charge in [-0.2, -0.15) is 0 Å². The third-order valence-corrected chi connectivity index (χ3v) is 2.98. The van der Waals surface area contributed by atoms with Crippen molar-refractivity contribution in [3.63, 3.8) is 0 Å². The van der Waals surface area contributed by atoms with Crippen LogP contribution in [0.4, 0.5) is 8.78 Å². The van der Waals surface area contributed by atoms with Crippen LogP contribution >= 0.6 is 0 Å². The minimum atomic E-state index is -0.776. The molecule has 0 unspecified atom stereocenters. The number of aromatic nitrogens is 1. The molecule has 0 atom stereocenters. The highest BCUT2D eigenvalue weighted by Gasteiger charge is 2.12. The summed E-state index contributed by atoms with van der Waals surface area (Å²) in [4.78, 5) is 16.4. The average molecular weight is 269 g/mol. The Morgan fingerprint density at radius 3 is 2.35 bits per heavy atom. The van der Waals surface area contributed by atoms with Gasteiger partial charge in [-0.05, 0) is 24.3 Å². The highest BCUT2D eigenvalue weighted by molar-refractivity contribution is 6.10. The van der Waals surface area contributed by atoms with E-state index in [2.05, 4.69) is 4.98 Å². The molecule has 0 aliphatic carbocycles. The summed E-state index contributed by atoms with van der Waals surface area (Å²) in [5.74, 6) is -2.01. The van der Waals surface area contributed by atoms with Crippen LogP contribution in [0.5, 0.6) is 0 Å². The maximum atomic E-state index is 13.1. The SMILES string of the molecule is O=C(c1cc(F)cc(F)c1)c1cnc2ccccc2c1. The summed E-state index contributed by atoms with van der Waals surface area (Å²) >= 11 is 0. The molecule has 1 aromatic heterocycles. The van der Waals surface area contributed by atoms with Gasteiger partial charge in [0.25, 0.3) is 0 Å². The van der Waals surface area contributed by atoms with E-state index in [9.17, 15) is 13.6 Å². The first-order chi connectivity index (χ1) is 9.63. The van der Waals surface area contributed by atoms with Crippen molar-refractivity contribution >= 4 is 16.7 Å². The van der Waals surface area contributed by atoms with E-state index in [0.29, 0.717) is 5.56 Å². The van der Waals surface area contributed by atoms with Crippen molar-refractivity contribution in [3.05, 3.63) is 77.5 Å². The summed E-state index contributed by atoms with van der Waals surface area (Å²) in [6, 6.07) is 11.7. The van der Waals surface area contributed by atoms with Crippen LogP contribution in [0, 0.1) is 11.6 Å². The van der Waals surface area contributed by atoms with Gasteiger partial charge in [-0.1, -0.05) is 18.2 Å². The molecule has 2 nitrogen and oxygen atoms in total. The molecule has 3 rings (SSSR count). The van der Waals surface area contributed by atoms with Gasteiger partial charge in [-0.25, -0.2) is 8.78 Å². The lowest BCUT2D eigenvalue weighted by molar-refractivity contribution is 0.103. The first-order valence-corrected chi connectivity index (χ1v) is 5.99. The molecule has 0 radical (unpaired) electrons. The molecule has 0 fully saturated rings. The van der Waals surface area contributed by atoms with E-state index in [1.165, 1.54) is 6.20 Å². The first-order valence-electron chi connectivity index (χ1n) is 5.99. The topological polar surface area (TPSA) is 30.0 Å². The quantitative estimate of drug-likeness (QED) is 0.663. The van der Waals surface area contributed by atoms with Gasteiger partial charge in [0.2, 0.25) is 0 Å². The van der Waals surface area contributed by atoms with Crippen molar-refractivity contribution < 1.29 is 13.6 Å². The average Bonchev–Trinajstić information content (AvgIpc) is 2.45. The van der Waals surface area contributed by atoms with Gasteiger partial charge in [0.1, 0.15) is 11.6 Å². The number of pyridine rings is 1. The lowest BCUT2D eigenvalue weighted by atomic mass is 10.0. The van der Waals surface area contributed by atoms with Gasteiger partial charge >= 0.3 is 0 Å². The monoisotopic (exact) mass is 269 g/mol. The zero-order valence-electron chi connectivity index (χ0n) is 10.3. The van der Waals surface area contributed by atoms with Crippen LogP contribution in [0.3, 0.4) is 0 Å². The molecule has 2 aromatic carbocycles. The summed E-state index contributed by atoms with van der Waals surface area (Å²) in [6.45, 7) is 0. The molecule has 3 aromatic rings. The van der Waals surface area contributed by atoms with Crippen LogP contribution in [0.15, 0.2) is 54.7 Å². The van der Waals surface area contributed by atoms with Crippen molar-refractivity contribution in [1.29, 1.82) is 0 Å². The van der Waals surface area contributed by atoms with E-state index >= 15 is 0 Å². The lowest BCUT2D eigenvalue weighted by Crippen LogP contribution is -2.03. The molecule has 20 heavy (non-hydrogen) atoms. The number of carbonyl (C=O) groups is 1. The molecule has 98 valence electrons. The van der Waals surface area contributed by atoms with E-state index in [1.807, 2.05) is 24.3 Å². The van der Waals surface area contributed by atoms with Crippen molar-refractivity contribution in [2.75, 3.05) is 0 Å². The normalized spacial score (nSPS) is 10.7. The van der Waals surface area contributed by atoms with Crippen molar-refractivity contribution in [2.45, 2.75) is 0 Å². The molecule has 1 heterocycles. The predicted molar refractivity (Wildman–Crippen MR) is 71.5 cm³/mol. The van der Waals surface area contributed by atoms with Gasteiger partial charge in [0.15, 0.2) is 5.78 Å². The van der Waals surface area contributed by atoms with Crippen molar-refractivity contribution in [3.8, 4) is 0 Å². The second-order valence-corrected chi connectivity index (χ2v) is 4.40. The zero-order chi connectivity index (χ0) is 14.1. The van der Waals surface area contributed by atoms with Crippen molar-refractivity contribution in [2.24, 2.45) is 0 Å².